The maximum atomic E-state index is 11.1. The standard InChI is InChI=1S/C12H16N2O3S.ClH/c1-6(2)10(12(16)17)14-11(18)8-5-7(13)3-4-9(8)15;/h3-6,10,15H,13H2,1-2H3,(H,14,18)(H,16,17);1H/t10-;/m0./s1. The van der Waals surface area contributed by atoms with Gasteiger partial charge in [-0.2, -0.15) is 0 Å². The zero-order valence-corrected chi connectivity index (χ0v) is 12.2. The first-order valence-corrected chi connectivity index (χ1v) is 5.86. The number of nitrogen functional groups attached to an aromatic ring is 1. The van der Waals surface area contributed by atoms with Crippen LogP contribution >= 0.6 is 24.6 Å². The number of thiocarbonyl (C=S) groups is 1. The highest BCUT2D eigenvalue weighted by atomic mass is 35.5. The predicted molar refractivity (Wildman–Crippen MR) is 80.9 cm³/mol. The van der Waals surface area contributed by atoms with Gasteiger partial charge in [-0.05, 0) is 24.1 Å². The molecule has 1 rings (SSSR count). The molecule has 0 aromatic heterocycles. The lowest BCUT2D eigenvalue weighted by Gasteiger charge is -2.20. The van der Waals surface area contributed by atoms with Crippen LogP contribution in [0.1, 0.15) is 19.4 Å². The van der Waals surface area contributed by atoms with Gasteiger partial charge in [-0.3, -0.25) is 0 Å². The molecule has 106 valence electrons. The van der Waals surface area contributed by atoms with Gasteiger partial charge in [0.05, 0.1) is 5.56 Å². The van der Waals surface area contributed by atoms with Crippen LogP contribution < -0.4 is 11.1 Å². The molecule has 0 radical (unpaired) electrons. The summed E-state index contributed by atoms with van der Waals surface area (Å²) in [4.78, 5) is 11.2. The van der Waals surface area contributed by atoms with Gasteiger partial charge in [0.1, 0.15) is 16.8 Å². The molecule has 0 unspecified atom stereocenters. The number of phenolic OH excluding ortho intramolecular Hbond substituents is 1. The second-order valence-electron chi connectivity index (χ2n) is 4.31. The molecule has 0 saturated heterocycles. The molecule has 0 saturated carbocycles. The number of carbonyl (C=O) groups is 1. The van der Waals surface area contributed by atoms with Gasteiger partial charge >= 0.3 is 5.97 Å². The van der Waals surface area contributed by atoms with Crippen molar-refractivity contribution in [3.8, 4) is 5.75 Å². The molecular formula is C12H17ClN2O3S. The minimum absolute atomic E-state index is 0. The Labute approximate surface area is 123 Å². The number of aromatic hydroxyl groups is 1. The number of benzene rings is 1. The Balaban J connectivity index is 0.00000324. The lowest BCUT2D eigenvalue weighted by atomic mass is 10.0. The highest BCUT2D eigenvalue weighted by Gasteiger charge is 2.23. The zero-order chi connectivity index (χ0) is 13.9. The number of anilines is 1. The van der Waals surface area contributed by atoms with E-state index in [2.05, 4.69) is 5.32 Å². The number of rotatable bonds is 4. The topological polar surface area (TPSA) is 95.6 Å². The van der Waals surface area contributed by atoms with E-state index in [4.69, 9.17) is 23.1 Å². The summed E-state index contributed by atoms with van der Waals surface area (Å²) in [6.45, 7) is 3.54. The Kier molecular flexibility index (Phi) is 6.58. The van der Waals surface area contributed by atoms with Gasteiger partial charge in [0.25, 0.3) is 0 Å². The van der Waals surface area contributed by atoms with Gasteiger partial charge in [0.2, 0.25) is 0 Å². The number of phenols is 1. The fourth-order valence-corrected chi connectivity index (χ4v) is 1.76. The van der Waals surface area contributed by atoms with Crippen molar-refractivity contribution < 1.29 is 15.0 Å². The number of aliphatic carboxylic acids is 1. The molecule has 5 N–H and O–H groups in total. The summed E-state index contributed by atoms with van der Waals surface area (Å²) in [6.07, 6.45) is 0. The third kappa shape index (κ3) is 4.57. The molecule has 0 fully saturated rings. The third-order valence-corrected chi connectivity index (χ3v) is 2.82. The lowest BCUT2D eigenvalue weighted by molar-refractivity contribution is -0.140. The van der Waals surface area contributed by atoms with Gasteiger partial charge < -0.3 is 21.3 Å². The Morgan fingerprint density at radius 1 is 1.42 bits per heavy atom. The monoisotopic (exact) mass is 304 g/mol. The fraction of sp³-hybridized carbons (Fsp3) is 0.333. The van der Waals surface area contributed by atoms with E-state index in [1.807, 2.05) is 0 Å². The first-order chi connectivity index (χ1) is 8.32. The van der Waals surface area contributed by atoms with Gasteiger partial charge in [-0.25, -0.2) is 4.79 Å². The Bertz CT molecular complexity index is 480. The van der Waals surface area contributed by atoms with Crippen LogP contribution in [0, 0.1) is 5.92 Å². The number of carboxylic acids is 1. The maximum Gasteiger partial charge on any atom is 0.326 e. The molecule has 1 aromatic rings. The SMILES string of the molecule is CC(C)[C@H](NC(=S)c1cc(N)ccc1O)C(=O)O.Cl. The number of carboxylic acid groups (broad SMARTS) is 1. The molecule has 1 aromatic carbocycles. The van der Waals surface area contributed by atoms with E-state index in [1.165, 1.54) is 12.1 Å². The summed E-state index contributed by atoms with van der Waals surface area (Å²) in [5, 5.41) is 21.4. The van der Waals surface area contributed by atoms with Gasteiger partial charge in [0, 0.05) is 5.69 Å². The van der Waals surface area contributed by atoms with Crippen LogP contribution in [0.25, 0.3) is 0 Å². The Morgan fingerprint density at radius 3 is 2.47 bits per heavy atom. The van der Waals surface area contributed by atoms with Crippen LogP contribution in [0.3, 0.4) is 0 Å². The smallest absolute Gasteiger partial charge is 0.326 e. The van der Waals surface area contributed by atoms with Crippen molar-refractivity contribution in [2.45, 2.75) is 19.9 Å². The van der Waals surface area contributed by atoms with Crippen molar-refractivity contribution in [1.82, 2.24) is 5.32 Å². The average molecular weight is 305 g/mol. The first-order valence-electron chi connectivity index (χ1n) is 5.45. The zero-order valence-electron chi connectivity index (χ0n) is 10.6. The molecule has 0 aliphatic heterocycles. The summed E-state index contributed by atoms with van der Waals surface area (Å²) in [6, 6.07) is 3.66. The van der Waals surface area contributed by atoms with Crippen LogP contribution in [0.4, 0.5) is 5.69 Å². The molecule has 19 heavy (non-hydrogen) atoms. The predicted octanol–water partition coefficient (Wildman–Crippen LogP) is 1.77. The molecule has 0 heterocycles. The Morgan fingerprint density at radius 2 is 2.00 bits per heavy atom. The number of hydrogen-bond donors (Lipinski definition) is 4. The number of nitrogens with two attached hydrogens (primary N) is 1. The summed E-state index contributed by atoms with van der Waals surface area (Å²) < 4.78 is 0. The van der Waals surface area contributed by atoms with Crippen LogP contribution in [0.2, 0.25) is 0 Å². The minimum Gasteiger partial charge on any atom is -0.507 e. The van der Waals surface area contributed by atoms with Crippen molar-refractivity contribution in [3.05, 3.63) is 23.8 Å². The molecular weight excluding hydrogens is 288 g/mol. The van der Waals surface area contributed by atoms with Gasteiger partial charge in [-0.15, -0.1) is 12.4 Å². The number of hydrogen-bond acceptors (Lipinski definition) is 4. The number of nitrogens with one attached hydrogen (secondary N) is 1. The Hall–Kier alpha value is -1.53. The summed E-state index contributed by atoms with van der Waals surface area (Å²) in [5.41, 5.74) is 6.38. The van der Waals surface area contributed by atoms with E-state index >= 15 is 0 Å². The quantitative estimate of drug-likeness (QED) is 0.385. The lowest BCUT2D eigenvalue weighted by Crippen LogP contribution is -2.43. The molecule has 0 amide bonds. The normalized spacial score (nSPS) is 11.5. The van der Waals surface area contributed by atoms with Crippen LogP contribution in [-0.2, 0) is 4.79 Å². The van der Waals surface area contributed by atoms with E-state index in [9.17, 15) is 9.90 Å². The van der Waals surface area contributed by atoms with Crippen LogP contribution in [0.5, 0.6) is 5.75 Å². The van der Waals surface area contributed by atoms with Crippen molar-refractivity contribution in [1.29, 1.82) is 0 Å². The van der Waals surface area contributed by atoms with E-state index in [0.29, 0.717) is 11.3 Å². The first kappa shape index (κ1) is 17.5. The molecule has 7 heteroatoms. The van der Waals surface area contributed by atoms with Crippen LogP contribution in [-0.4, -0.2) is 27.2 Å². The van der Waals surface area contributed by atoms with Crippen molar-refractivity contribution in [2.75, 3.05) is 5.73 Å². The van der Waals surface area contributed by atoms with Crippen molar-refractivity contribution in [2.24, 2.45) is 5.92 Å². The molecule has 0 aliphatic carbocycles. The highest BCUT2D eigenvalue weighted by Crippen LogP contribution is 2.20. The highest BCUT2D eigenvalue weighted by molar-refractivity contribution is 7.80. The largest absolute Gasteiger partial charge is 0.507 e. The van der Waals surface area contributed by atoms with Gasteiger partial charge in [0.15, 0.2) is 0 Å². The van der Waals surface area contributed by atoms with E-state index in [1.54, 1.807) is 19.9 Å². The molecule has 1 atom stereocenters. The molecule has 0 spiro atoms. The molecule has 5 nitrogen and oxygen atoms in total. The van der Waals surface area contributed by atoms with E-state index < -0.39 is 12.0 Å². The van der Waals surface area contributed by atoms with E-state index in [0.717, 1.165) is 0 Å². The summed E-state index contributed by atoms with van der Waals surface area (Å²) in [5.74, 6) is -1.16. The molecule has 0 aliphatic rings. The molecule has 0 bridgehead atoms. The summed E-state index contributed by atoms with van der Waals surface area (Å²) >= 11 is 5.09. The summed E-state index contributed by atoms with van der Waals surface area (Å²) in [7, 11) is 0. The van der Waals surface area contributed by atoms with Crippen molar-refractivity contribution >= 4 is 41.3 Å². The second kappa shape index (κ2) is 7.16. The fourth-order valence-electron chi connectivity index (χ4n) is 1.47. The van der Waals surface area contributed by atoms with Gasteiger partial charge in [-0.1, -0.05) is 26.1 Å². The maximum absolute atomic E-state index is 11.1. The van der Waals surface area contributed by atoms with E-state index in [-0.39, 0.29) is 29.1 Å². The number of halogens is 1. The third-order valence-electron chi connectivity index (χ3n) is 2.48. The second-order valence-corrected chi connectivity index (χ2v) is 4.72. The minimum atomic E-state index is -0.990. The van der Waals surface area contributed by atoms with Crippen molar-refractivity contribution in [3.63, 3.8) is 0 Å². The average Bonchev–Trinajstić information content (AvgIpc) is 2.28. The van der Waals surface area contributed by atoms with Crippen LogP contribution in [0.15, 0.2) is 18.2 Å².